The molecule has 1 heterocycles. The third-order valence-electron chi connectivity index (χ3n) is 3.78. The van der Waals surface area contributed by atoms with E-state index in [1.807, 2.05) is 6.92 Å². The average molecular weight is 274 g/mol. The Morgan fingerprint density at radius 2 is 1.89 bits per heavy atom. The van der Waals surface area contributed by atoms with Crippen LogP contribution in [0, 0.1) is 5.92 Å². The van der Waals surface area contributed by atoms with E-state index < -0.39 is 18.3 Å². The largest absolute Gasteiger partial charge is 0.390 e. The summed E-state index contributed by atoms with van der Waals surface area (Å²) in [6, 6.07) is 0. The third kappa shape index (κ3) is 6.21. The quantitative estimate of drug-likeness (QED) is 0.599. The molecule has 1 saturated heterocycles. The molecule has 0 aromatic heterocycles. The van der Waals surface area contributed by atoms with Crippen LogP contribution in [0.25, 0.3) is 0 Å². The molecule has 0 radical (unpaired) electrons. The molecule has 19 heavy (non-hydrogen) atoms. The Labute approximate surface area is 117 Å². The van der Waals surface area contributed by atoms with Crippen molar-refractivity contribution >= 4 is 0 Å². The van der Waals surface area contributed by atoms with Crippen molar-refractivity contribution in [3.8, 4) is 0 Å². The Balaban J connectivity index is 1.97. The number of aliphatic hydroxyl groups is 2. The lowest BCUT2D eigenvalue weighted by Crippen LogP contribution is -2.39. The van der Waals surface area contributed by atoms with Crippen molar-refractivity contribution in [1.82, 2.24) is 0 Å². The van der Waals surface area contributed by atoms with Crippen LogP contribution in [-0.2, 0) is 9.47 Å². The summed E-state index contributed by atoms with van der Waals surface area (Å²) in [5.41, 5.74) is 0. The Morgan fingerprint density at radius 3 is 2.53 bits per heavy atom. The van der Waals surface area contributed by atoms with E-state index in [1.165, 1.54) is 32.1 Å². The maximum Gasteiger partial charge on any atom is 0.112 e. The SMILES string of the molecule is CCCCCCCCOCC(O)C1OCC(C)C1O. The van der Waals surface area contributed by atoms with Crippen LogP contribution >= 0.6 is 0 Å². The highest BCUT2D eigenvalue weighted by molar-refractivity contribution is 4.85. The second kappa shape index (κ2) is 9.70. The minimum absolute atomic E-state index is 0.0956. The van der Waals surface area contributed by atoms with E-state index in [4.69, 9.17) is 9.47 Å². The lowest BCUT2D eigenvalue weighted by molar-refractivity contribution is -0.0791. The highest BCUT2D eigenvalue weighted by atomic mass is 16.5. The summed E-state index contributed by atoms with van der Waals surface area (Å²) in [7, 11) is 0. The van der Waals surface area contributed by atoms with Crippen LogP contribution in [0.15, 0.2) is 0 Å². The molecular formula is C15H30O4. The van der Waals surface area contributed by atoms with Gasteiger partial charge in [0.25, 0.3) is 0 Å². The Morgan fingerprint density at radius 1 is 1.21 bits per heavy atom. The van der Waals surface area contributed by atoms with Gasteiger partial charge in [-0.2, -0.15) is 0 Å². The van der Waals surface area contributed by atoms with Crippen molar-refractivity contribution in [3.63, 3.8) is 0 Å². The Bertz CT molecular complexity index is 222. The molecule has 4 heteroatoms. The zero-order chi connectivity index (χ0) is 14.1. The van der Waals surface area contributed by atoms with Gasteiger partial charge in [-0.05, 0) is 6.42 Å². The van der Waals surface area contributed by atoms with E-state index in [1.54, 1.807) is 0 Å². The van der Waals surface area contributed by atoms with Gasteiger partial charge in [0.15, 0.2) is 0 Å². The van der Waals surface area contributed by atoms with Crippen LogP contribution in [0.4, 0.5) is 0 Å². The molecule has 4 unspecified atom stereocenters. The molecule has 0 aromatic carbocycles. The van der Waals surface area contributed by atoms with Crippen molar-refractivity contribution in [2.24, 2.45) is 5.92 Å². The fourth-order valence-corrected chi connectivity index (χ4v) is 2.41. The molecule has 1 fully saturated rings. The Kier molecular flexibility index (Phi) is 8.62. The van der Waals surface area contributed by atoms with Crippen LogP contribution in [-0.4, -0.2) is 48.3 Å². The van der Waals surface area contributed by atoms with E-state index in [0.29, 0.717) is 13.2 Å². The van der Waals surface area contributed by atoms with Gasteiger partial charge >= 0.3 is 0 Å². The highest BCUT2D eigenvalue weighted by Crippen LogP contribution is 2.22. The fraction of sp³-hybridized carbons (Fsp3) is 1.00. The normalized spacial score (nSPS) is 28.7. The van der Waals surface area contributed by atoms with Crippen LogP contribution in [0.3, 0.4) is 0 Å². The van der Waals surface area contributed by atoms with Crippen LogP contribution < -0.4 is 0 Å². The molecule has 4 atom stereocenters. The molecule has 1 aliphatic heterocycles. The van der Waals surface area contributed by atoms with Crippen LogP contribution in [0.2, 0.25) is 0 Å². The maximum atomic E-state index is 9.90. The van der Waals surface area contributed by atoms with Crippen molar-refractivity contribution in [3.05, 3.63) is 0 Å². The molecule has 0 aromatic rings. The molecule has 0 aliphatic carbocycles. The van der Waals surface area contributed by atoms with Gasteiger partial charge < -0.3 is 19.7 Å². The van der Waals surface area contributed by atoms with E-state index >= 15 is 0 Å². The molecule has 0 saturated carbocycles. The molecule has 1 aliphatic rings. The minimum atomic E-state index is -0.722. The second-order valence-electron chi connectivity index (χ2n) is 5.68. The number of hydrogen-bond acceptors (Lipinski definition) is 4. The topological polar surface area (TPSA) is 58.9 Å². The smallest absolute Gasteiger partial charge is 0.112 e. The van der Waals surface area contributed by atoms with Gasteiger partial charge in [-0.3, -0.25) is 0 Å². The second-order valence-corrected chi connectivity index (χ2v) is 5.68. The molecular weight excluding hydrogens is 244 g/mol. The van der Waals surface area contributed by atoms with Crippen LogP contribution in [0.5, 0.6) is 0 Å². The number of aliphatic hydroxyl groups excluding tert-OH is 2. The number of rotatable bonds is 10. The van der Waals surface area contributed by atoms with Gasteiger partial charge in [0, 0.05) is 12.5 Å². The maximum absolute atomic E-state index is 9.90. The summed E-state index contributed by atoms with van der Waals surface area (Å²) in [5, 5.41) is 19.7. The van der Waals surface area contributed by atoms with Gasteiger partial charge in [0.05, 0.1) is 19.3 Å². The first kappa shape index (κ1) is 16.9. The predicted octanol–water partition coefficient (Wildman–Crippen LogP) is 2.12. The van der Waals surface area contributed by atoms with Crippen molar-refractivity contribution < 1.29 is 19.7 Å². The van der Waals surface area contributed by atoms with Gasteiger partial charge in [0.1, 0.15) is 12.2 Å². The summed E-state index contributed by atoms with van der Waals surface area (Å²) in [5.74, 6) is 0.0956. The molecule has 0 bridgehead atoms. The van der Waals surface area contributed by atoms with E-state index in [9.17, 15) is 10.2 Å². The summed E-state index contributed by atoms with van der Waals surface area (Å²) < 4.78 is 10.8. The molecule has 114 valence electrons. The summed E-state index contributed by atoms with van der Waals surface area (Å²) in [6.45, 7) is 5.59. The molecule has 2 N–H and O–H groups in total. The van der Waals surface area contributed by atoms with E-state index in [2.05, 4.69) is 6.92 Å². The molecule has 0 spiro atoms. The summed E-state index contributed by atoms with van der Waals surface area (Å²) >= 11 is 0. The predicted molar refractivity (Wildman–Crippen MR) is 75.1 cm³/mol. The molecule has 0 amide bonds. The highest BCUT2D eigenvalue weighted by Gasteiger charge is 2.37. The van der Waals surface area contributed by atoms with Crippen molar-refractivity contribution in [2.45, 2.75) is 70.7 Å². The fourth-order valence-electron chi connectivity index (χ4n) is 2.41. The standard InChI is InChI=1S/C15H30O4/c1-3-4-5-6-7-8-9-18-11-13(16)15-14(17)12(2)10-19-15/h12-17H,3-11H2,1-2H3. The van der Waals surface area contributed by atoms with Gasteiger partial charge in [-0.1, -0.05) is 46.0 Å². The third-order valence-corrected chi connectivity index (χ3v) is 3.78. The lowest BCUT2D eigenvalue weighted by atomic mass is 10.0. The molecule has 1 rings (SSSR count). The van der Waals surface area contributed by atoms with E-state index in [-0.39, 0.29) is 12.5 Å². The van der Waals surface area contributed by atoms with Gasteiger partial charge in [-0.15, -0.1) is 0 Å². The number of hydrogen-bond donors (Lipinski definition) is 2. The average Bonchev–Trinajstić information content (AvgIpc) is 2.73. The summed E-state index contributed by atoms with van der Waals surface area (Å²) in [6.07, 6.45) is 5.60. The van der Waals surface area contributed by atoms with Gasteiger partial charge in [-0.25, -0.2) is 0 Å². The number of ether oxygens (including phenoxy) is 2. The van der Waals surface area contributed by atoms with Crippen molar-refractivity contribution in [2.75, 3.05) is 19.8 Å². The summed E-state index contributed by atoms with van der Waals surface area (Å²) in [4.78, 5) is 0. The number of unbranched alkanes of at least 4 members (excludes halogenated alkanes) is 5. The van der Waals surface area contributed by atoms with E-state index in [0.717, 1.165) is 6.42 Å². The first-order valence-electron chi connectivity index (χ1n) is 7.72. The zero-order valence-corrected chi connectivity index (χ0v) is 12.4. The monoisotopic (exact) mass is 274 g/mol. The lowest BCUT2D eigenvalue weighted by Gasteiger charge is -2.21. The van der Waals surface area contributed by atoms with Gasteiger partial charge in [0.2, 0.25) is 0 Å². The zero-order valence-electron chi connectivity index (χ0n) is 12.4. The van der Waals surface area contributed by atoms with Crippen LogP contribution in [0.1, 0.15) is 52.4 Å². The first-order chi connectivity index (χ1) is 9.16. The minimum Gasteiger partial charge on any atom is -0.390 e. The Hall–Kier alpha value is -0.160. The molecule has 4 nitrogen and oxygen atoms in total. The van der Waals surface area contributed by atoms with Crippen molar-refractivity contribution in [1.29, 1.82) is 0 Å². The first-order valence-corrected chi connectivity index (χ1v) is 7.72.